The maximum absolute atomic E-state index is 13.4. The van der Waals surface area contributed by atoms with Crippen LogP contribution in [0.4, 0.5) is 15.8 Å². The van der Waals surface area contributed by atoms with Gasteiger partial charge in [0.2, 0.25) is 5.82 Å². The summed E-state index contributed by atoms with van der Waals surface area (Å²) in [5.74, 6) is -0.806. The van der Waals surface area contributed by atoms with Gasteiger partial charge in [-0.2, -0.15) is 4.39 Å². The Hall–Kier alpha value is -1.73. The van der Waals surface area contributed by atoms with Gasteiger partial charge in [0, 0.05) is 39.3 Å². The quantitative estimate of drug-likeness (QED) is 0.653. The van der Waals surface area contributed by atoms with E-state index < -0.39 is 16.4 Å². The van der Waals surface area contributed by atoms with E-state index in [4.69, 9.17) is 0 Å². The van der Waals surface area contributed by atoms with Gasteiger partial charge in [0.15, 0.2) is 0 Å². The predicted molar refractivity (Wildman–Crippen MR) is 75.5 cm³/mol. The number of likely N-dealkylation sites (N-methyl/N-ethyl adjacent to an activating group) is 1. The third-order valence-corrected chi connectivity index (χ3v) is 3.51. The van der Waals surface area contributed by atoms with Crippen LogP contribution >= 0.6 is 0 Å². The van der Waals surface area contributed by atoms with E-state index in [0.717, 1.165) is 38.8 Å². The molecule has 0 saturated carbocycles. The van der Waals surface area contributed by atoms with Gasteiger partial charge < -0.3 is 10.2 Å². The van der Waals surface area contributed by atoms with Crippen LogP contribution in [0.5, 0.6) is 0 Å². The van der Waals surface area contributed by atoms with Crippen molar-refractivity contribution in [2.45, 2.75) is 0 Å². The normalized spacial score (nSPS) is 17.1. The zero-order valence-corrected chi connectivity index (χ0v) is 11.5. The first kappa shape index (κ1) is 14.7. The second-order valence-corrected chi connectivity index (χ2v) is 4.96. The van der Waals surface area contributed by atoms with Crippen molar-refractivity contribution in [3.05, 3.63) is 34.1 Å². The van der Waals surface area contributed by atoms with Gasteiger partial charge in [0.05, 0.1) is 4.92 Å². The zero-order chi connectivity index (χ0) is 14.5. The zero-order valence-electron chi connectivity index (χ0n) is 11.5. The molecule has 0 spiro atoms. The molecule has 110 valence electrons. The van der Waals surface area contributed by atoms with Crippen LogP contribution in [0.15, 0.2) is 18.2 Å². The molecule has 7 heteroatoms. The van der Waals surface area contributed by atoms with E-state index >= 15 is 0 Å². The van der Waals surface area contributed by atoms with Crippen LogP contribution in [-0.4, -0.2) is 61.0 Å². The molecule has 1 saturated heterocycles. The van der Waals surface area contributed by atoms with Gasteiger partial charge in [-0.05, 0) is 19.2 Å². The first-order valence-corrected chi connectivity index (χ1v) is 6.65. The van der Waals surface area contributed by atoms with Crippen LogP contribution in [-0.2, 0) is 0 Å². The Kier molecular flexibility index (Phi) is 4.86. The van der Waals surface area contributed by atoms with Crippen LogP contribution in [0.2, 0.25) is 0 Å². The summed E-state index contributed by atoms with van der Waals surface area (Å²) in [7, 11) is 2.09. The minimum absolute atomic E-state index is 0.240. The number of rotatable bonds is 5. The summed E-state index contributed by atoms with van der Waals surface area (Å²) in [6, 6.07) is 4.11. The van der Waals surface area contributed by atoms with Crippen LogP contribution in [0, 0.1) is 15.9 Å². The largest absolute Gasteiger partial charge is 0.378 e. The maximum Gasteiger partial charge on any atom is 0.327 e. The number of nitrogens with one attached hydrogen (secondary N) is 1. The molecule has 1 aliphatic heterocycles. The Morgan fingerprint density at radius 1 is 1.35 bits per heavy atom. The Morgan fingerprint density at radius 2 is 2.05 bits per heavy atom. The van der Waals surface area contributed by atoms with Crippen LogP contribution in [0.3, 0.4) is 0 Å². The Morgan fingerprint density at radius 3 is 2.70 bits per heavy atom. The van der Waals surface area contributed by atoms with Gasteiger partial charge >= 0.3 is 5.69 Å². The van der Waals surface area contributed by atoms with Gasteiger partial charge in [-0.1, -0.05) is 6.07 Å². The molecule has 0 amide bonds. The van der Waals surface area contributed by atoms with Crippen LogP contribution in [0.25, 0.3) is 0 Å². The number of nitrogens with zero attached hydrogens (tertiary/aromatic N) is 3. The number of piperazine rings is 1. The SMILES string of the molecule is CN1CCN(CCNc2cccc(F)c2[N+](=O)[O-])CC1. The number of nitro groups is 1. The highest BCUT2D eigenvalue weighted by Crippen LogP contribution is 2.26. The lowest BCUT2D eigenvalue weighted by atomic mass is 10.2. The number of nitro benzene ring substituents is 1. The Labute approximate surface area is 117 Å². The molecule has 1 aromatic rings. The topological polar surface area (TPSA) is 61.6 Å². The molecule has 2 rings (SSSR count). The van der Waals surface area contributed by atoms with E-state index in [1.165, 1.54) is 12.1 Å². The number of para-hydroxylation sites is 1. The molecule has 0 unspecified atom stereocenters. The summed E-state index contributed by atoms with van der Waals surface area (Å²) in [5.41, 5.74) is -0.241. The predicted octanol–water partition coefficient (Wildman–Crippen LogP) is 1.39. The maximum atomic E-state index is 13.4. The third kappa shape index (κ3) is 3.64. The molecule has 1 aliphatic rings. The van der Waals surface area contributed by atoms with Crippen molar-refractivity contribution >= 4 is 11.4 Å². The van der Waals surface area contributed by atoms with E-state index in [0.29, 0.717) is 6.54 Å². The summed E-state index contributed by atoms with van der Waals surface area (Å²) in [4.78, 5) is 14.7. The van der Waals surface area contributed by atoms with Crippen molar-refractivity contribution in [2.24, 2.45) is 0 Å². The molecule has 1 aromatic carbocycles. The lowest BCUT2D eigenvalue weighted by molar-refractivity contribution is -0.386. The van der Waals surface area contributed by atoms with E-state index in [9.17, 15) is 14.5 Å². The number of hydrogen-bond donors (Lipinski definition) is 1. The molecule has 0 atom stereocenters. The van der Waals surface area contributed by atoms with E-state index in [-0.39, 0.29) is 5.69 Å². The number of hydrogen-bond acceptors (Lipinski definition) is 5. The van der Waals surface area contributed by atoms with Crippen molar-refractivity contribution < 1.29 is 9.31 Å². The minimum Gasteiger partial charge on any atom is -0.378 e. The lowest BCUT2D eigenvalue weighted by Gasteiger charge is -2.32. The lowest BCUT2D eigenvalue weighted by Crippen LogP contribution is -2.45. The third-order valence-electron chi connectivity index (χ3n) is 3.51. The Bertz CT molecular complexity index is 475. The van der Waals surface area contributed by atoms with Crippen LogP contribution < -0.4 is 5.32 Å². The molecule has 0 radical (unpaired) electrons. The second-order valence-electron chi connectivity index (χ2n) is 4.96. The van der Waals surface area contributed by atoms with Gasteiger partial charge in [-0.15, -0.1) is 0 Å². The van der Waals surface area contributed by atoms with Crippen molar-refractivity contribution in [1.29, 1.82) is 0 Å². The molecule has 6 nitrogen and oxygen atoms in total. The molecule has 0 bridgehead atoms. The number of halogens is 1. The highest BCUT2D eigenvalue weighted by atomic mass is 19.1. The molecular weight excluding hydrogens is 263 g/mol. The van der Waals surface area contributed by atoms with Crippen LogP contribution in [0.1, 0.15) is 0 Å². The molecule has 20 heavy (non-hydrogen) atoms. The molecule has 1 heterocycles. The summed E-state index contributed by atoms with van der Waals surface area (Å²) in [6.45, 7) is 5.39. The second kappa shape index (κ2) is 6.62. The average Bonchev–Trinajstić information content (AvgIpc) is 2.40. The van der Waals surface area contributed by atoms with Crippen molar-refractivity contribution in [3.63, 3.8) is 0 Å². The van der Waals surface area contributed by atoms with E-state index in [2.05, 4.69) is 22.2 Å². The van der Waals surface area contributed by atoms with Gasteiger partial charge in [0.1, 0.15) is 5.69 Å². The van der Waals surface area contributed by atoms with Gasteiger partial charge in [-0.25, -0.2) is 0 Å². The fourth-order valence-corrected chi connectivity index (χ4v) is 2.26. The monoisotopic (exact) mass is 282 g/mol. The van der Waals surface area contributed by atoms with Gasteiger partial charge in [-0.3, -0.25) is 15.0 Å². The first-order chi connectivity index (χ1) is 9.58. The fourth-order valence-electron chi connectivity index (χ4n) is 2.26. The molecule has 0 aromatic heterocycles. The standard InChI is InChI=1S/C13H19FN4O2/c1-16-7-9-17(10-8-16)6-5-15-12-4-2-3-11(14)13(12)18(19)20/h2-4,15H,5-10H2,1H3. The van der Waals surface area contributed by atoms with Crippen molar-refractivity contribution in [3.8, 4) is 0 Å². The summed E-state index contributed by atoms with van der Waals surface area (Å²) >= 11 is 0. The highest BCUT2D eigenvalue weighted by Gasteiger charge is 2.19. The minimum atomic E-state index is -0.806. The van der Waals surface area contributed by atoms with Gasteiger partial charge in [0.25, 0.3) is 0 Å². The van der Waals surface area contributed by atoms with Crippen molar-refractivity contribution in [1.82, 2.24) is 9.80 Å². The fraction of sp³-hybridized carbons (Fsp3) is 0.538. The summed E-state index contributed by atoms with van der Waals surface area (Å²) in [6.07, 6.45) is 0. The van der Waals surface area contributed by atoms with E-state index in [1.807, 2.05) is 0 Å². The average molecular weight is 282 g/mol. The smallest absolute Gasteiger partial charge is 0.327 e. The first-order valence-electron chi connectivity index (χ1n) is 6.65. The summed E-state index contributed by atoms with van der Waals surface area (Å²) in [5, 5.41) is 13.8. The highest BCUT2D eigenvalue weighted by molar-refractivity contribution is 5.61. The number of anilines is 1. The molecule has 1 fully saturated rings. The molecular formula is C13H19FN4O2. The van der Waals surface area contributed by atoms with E-state index in [1.54, 1.807) is 0 Å². The molecule has 0 aliphatic carbocycles. The summed E-state index contributed by atoms with van der Waals surface area (Å²) < 4.78 is 13.4. The van der Waals surface area contributed by atoms with Crippen molar-refractivity contribution in [2.75, 3.05) is 51.6 Å². The Balaban J connectivity index is 1.88. The number of benzene rings is 1. The molecule has 1 N–H and O–H groups in total.